The van der Waals surface area contributed by atoms with Crippen molar-refractivity contribution < 1.29 is 9.59 Å². The highest BCUT2D eigenvalue weighted by Crippen LogP contribution is 2.22. The van der Waals surface area contributed by atoms with E-state index >= 15 is 0 Å². The Morgan fingerprint density at radius 3 is 2.56 bits per heavy atom. The maximum atomic E-state index is 11.2. The summed E-state index contributed by atoms with van der Waals surface area (Å²) in [6.45, 7) is 1.50. The van der Waals surface area contributed by atoms with E-state index in [1.54, 1.807) is 18.2 Å². The molecule has 0 bridgehead atoms. The lowest BCUT2D eigenvalue weighted by atomic mass is 10.1. The third-order valence-electron chi connectivity index (χ3n) is 2.47. The summed E-state index contributed by atoms with van der Waals surface area (Å²) >= 11 is 3.37. The molecule has 0 saturated carbocycles. The molecule has 92 valence electrons. The van der Waals surface area contributed by atoms with Crippen molar-refractivity contribution in [3.63, 3.8) is 0 Å². The second-order valence-electron chi connectivity index (χ2n) is 3.76. The number of benzene rings is 1. The number of hydrogen-bond donors (Lipinski definition) is 1. The monoisotopic (exact) mass is 307 g/mol. The van der Waals surface area contributed by atoms with Crippen LogP contribution in [0.4, 0.5) is 0 Å². The average molecular weight is 308 g/mol. The molecule has 0 atom stereocenters. The standard InChI is InChI=1S/C12H10BrN3O2/c1-7(17)8-2-3-11(10(13)4-8)16-6-9(5-15-16)12(14)18/h2-6H,1H3,(H2,14,18). The number of Topliss-reactive ketones (excluding diaryl/α,β-unsaturated/α-hetero) is 1. The molecule has 0 spiro atoms. The zero-order valence-corrected chi connectivity index (χ0v) is 11.1. The van der Waals surface area contributed by atoms with Crippen LogP contribution in [-0.4, -0.2) is 21.5 Å². The van der Waals surface area contributed by atoms with Gasteiger partial charge in [-0.15, -0.1) is 0 Å². The number of nitrogens with two attached hydrogens (primary N) is 1. The number of aromatic nitrogens is 2. The second kappa shape index (κ2) is 4.73. The Morgan fingerprint density at radius 2 is 2.06 bits per heavy atom. The summed E-state index contributed by atoms with van der Waals surface area (Å²) in [5, 5.41) is 4.04. The van der Waals surface area contributed by atoms with Crippen molar-refractivity contribution in [1.29, 1.82) is 0 Å². The molecule has 0 aliphatic rings. The minimum absolute atomic E-state index is 0.0134. The molecule has 0 saturated heterocycles. The van der Waals surface area contributed by atoms with Crippen LogP contribution >= 0.6 is 15.9 Å². The molecule has 18 heavy (non-hydrogen) atoms. The van der Waals surface area contributed by atoms with Gasteiger partial charge in [0.15, 0.2) is 5.78 Å². The van der Waals surface area contributed by atoms with Gasteiger partial charge in [-0.2, -0.15) is 5.10 Å². The SMILES string of the molecule is CC(=O)c1ccc(-n2cc(C(N)=O)cn2)c(Br)c1. The summed E-state index contributed by atoms with van der Waals surface area (Å²) < 4.78 is 2.24. The van der Waals surface area contributed by atoms with Crippen molar-refractivity contribution >= 4 is 27.6 Å². The van der Waals surface area contributed by atoms with Crippen LogP contribution < -0.4 is 5.73 Å². The molecule has 6 heteroatoms. The highest BCUT2D eigenvalue weighted by atomic mass is 79.9. The van der Waals surface area contributed by atoms with Gasteiger partial charge in [-0.3, -0.25) is 9.59 Å². The molecule has 1 heterocycles. The molecule has 1 aromatic carbocycles. The summed E-state index contributed by atoms with van der Waals surface area (Å²) in [6.07, 6.45) is 2.93. The number of primary amides is 1. The van der Waals surface area contributed by atoms with Gasteiger partial charge in [0.25, 0.3) is 5.91 Å². The van der Waals surface area contributed by atoms with Crippen molar-refractivity contribution in [2.24, 2.45) is 5.73 Å². The van der Waals surface area contributed by atoms with Crippen LogP contribution in [0.25, 0.3) is 5.69 Å². The van der Waals surface area contributed by atoms with E-state index < -0.39 is 5.91 Å². The number of halogens is 1. The first-order chi connectivity index (χ1) is 8.49. The molecule has 5 nitrogen and oxygen atoms in total. The number of hydrogen-bond acceptors (Lipinski definition) is 3. The Hall–Kier alpha value is -1.95. The molecule has 0 aliphatic carbocycles. The van der Waals surface area contributed by atoms with Crippen LogP contribution in [0, 0.1) is 0 Å². The lowest BCUT2D eigenvalue weighted by Gasteiger charge is -2.05. The smallest absolute Gasteiger partial charge is 0.251 e. The van der Waals surface area contributed by atoms with E-state index in [-0.39, 0.29) is 5.78 Å². The maximum absolute atomic E-state index is 11.2. The molecule has 0 radical (unpaired) electrons. The Kier molecular flexibility index (Phi) is 3.29. The molecule has 2 rings (SSSR count). The molecule has 1 amide bonds. The average Bonchev–Trinajstić information content (AvgIpc) is 2.78. The van der Waals surface area contributed by atoms with Crippen molar-refractivity contribution in [3.05, 3.63) is 46.2 Å². The zero-order chi connectivity index (χ0) is 13.3. The highest BCUT2D eigenvalue weighted by molar-refractivity contribution is 9.10. The molecular formula is C12H10BrN3O2. The first-order valence-electron chi connectivity index (χ1n) is 5.14. The van der Waals surface area contributed by atoms with E-state index in [1.165, 1.54) is 24.0 Å². The van der Waals surface area contributed by atoms with Gasteiger partial charge < -0.3 is 5.73 Å². The fourth-order valence-electron chi connectivity index (χ4n) is 1.49. The third-order valence-corrected chi connectivity index (χ3v) is 3.10. The fraction of sp³-hybridized carbons (Fsp3) is 0.0833. The van der Waals surface area contributed by atoms with Gasteiger partial charge in [0, 0.05) is 16.2 Å². The summed E-state index contributed by atoms with van der Waals surface area (Å²) in [5.74, 6) is -0.543. The van der Waals surface area contributed by atoms with E-state index in [0.717, 1.165) is 5.69 Å². The maximum Gasteiger partial charge on any atom is 0.251 e. The largest absolute Gasteiger partial charge is 0.366 e. The Labute approximate surface area is 112 Å². The molecule has 2 aromatic rings. The second-order valence-corrected chi connectivity index (χ2v) is 4.61. The summed E-state index contributed by atoms with van der Waals surface area (Å²) in [7, 11) is 0. The van der Waals surface area contributed by atoms with Gasteiger partial charge in [0.1, 0.15) is 0 Å². The van der Waals surface area contributed by atoms with Gasteiger partial charge >= 0.3 is 0 Å². The summed E-state index contributed by atoms with van der Waals surface area (Å²) in [5.41, 5.74) is 6.82. The van der Waals surface area contributed by atoms with Crippen LogP contribution in [0.2, 0.25) is 0 Å². The normalized spacial score (nSPS) is 10.3. The van der Waals surface area contributed by atoms with Crippen molar-refractivity contribution in [3.8, 4) is 5.69 Å². The van der Waals surface area contributed by atoms with Crippen LogP contribution in [0.1, 0.15) is 27.6 Å². The lowest BCUT2D eigenvalue weighted by molar-refractivity contribution is 0.0996. The van der Waals surface area contributed by atoms with Crippen LogP contribution in [0.5, 0.6) is 0 Å². The number of rotatable bonds is 3. The molecule has 2 N–H and O–H groups in total. The number of carbonyl (C=O) groups excluding carboxylic acids is 2. The van der Waals surface area contributed by atoms with Gasteiger partial charge in [-0.25, -0.2) is 4.68 Å². The van der Waals surface area contributed by atoms with Crippen molar-refractivity contribution in [2.45, 2.75) is 6.92 Å². The van der Waals surface area contributed by atoms with Gasteiger partial charge in [-0.1, -0.05) is 0 Å². The molecule has 0 fully saturated rings. The number of ketones is 1. The quantitative estimate of drug-likeness (QED) is 0.880. The fourth-order valence-corrected chi connectivity index (χ4v) is 2.05. The molecule has 0 unspecified atom stereocenters. The Bertz CT molecular complexity index is 634. The lowest BCUT2D eigenvalue weighted by Crippen LogP contribution is -2.09. The van der Waals surface area contributed by atoms with E-state index in [1.807, 2.05) is 0 Å². The highest BCUT2D eigenvalue weighted by Gasteiger charge is 2.09. The summed E-state index contributed by atoms with van der Waals surface area (Å²) in [4.78, 5) is 22.2. The molecule has 0 aliphatic heterocycles. The minimum Gasteiger partial charge on any atom is -0.366 e. The minimum atomic E-state index is -0.530. The topological polar surface area (TPSA) is 78.0 Å². The van der Waals surface area contributed by atoms with Crippen molar-refractivity contribution in [2.75, 3.05) is 0 Å². The predicted octanol–water partition coefficient (Wildman–Crippen LogP) is 1.94. The first kappa shape index (κ1) is 12.5. The van der Waals surface area contributed by atoms with Crippen LogP contribution in [-0.2, 0) is 0 Å². The first-order valence-corrected chi connectivity index (χ1v) is 5.93. The zero-order valence-electron chi connectivity index (χ0n) is 9.55. The van der Waals surface area contributed by atoms with Crippen LogP contribution in [0.3, 0.4) is 0 Å². The van der Waals surface area contributed by atoms with Crippen LogP contribution in [0.15, 0.2) is 35.1 Å². The van der Waals surface area contributed by atoms with Crippen molar-refractivity contribution in [1.82, 2.24) is 9.78 Å². The van der Waals surface area contributed by atoms with E-state index in [9.17, 15) is 9.59 Å². The Balaban J connectivity index is 2.44. The number of amides is 1. The van der Waals surface area contributed by atoms with E-state index in [4.69, 9.17) is 5.73 Å². The van der Waals surface area contributed by atoms with Gasteiger partial charge in [-0.05, 0) is 41.1 Å². The molecule has 1 aromatic heterocycles. The van der Waals surface area contributed by atoms with Gasteiger partial charge in [0.05, 0.1) is 17.4 Å². The summed E-state index contributed by atoms with van der Waals surface area (Å²) in [6, 6.07) is 5.16. The van der Waals surface area contributed by atoms with Gasteiger partial charge in [0.2, 0.25) is 0 Å². The van der Waals surface area contributed by atoms with E-state index in [2.05, 4.69) is 21.0 Å². The third kappa shape index (κ3) is 2.33. The Morgan fingerprint density at radius 1 is 1.33 bits per heavy atom. The number of nitrogens with zero attached hydrogens (tertiary/aromatic N) is 2. The number of carbonyl (C=O) groups is 2. The molecular weight excluding hydrogens is 298 g/mol. The van der Waals surface area contributed by atoms with E-state index in [0.29, 0.717) is 15.6 Å². The predicted molar refractivity (Wildman–Crippen MR) is 69.8 cm³/mol.